The number of carbonyl (C=O) groups excluding carboxylic acids is 3. The molecule has 0 radical (unpaired) electrons. The summed E-state index contributed by atoms with van der Waals surface area (Å²) in [7, 11) is 0. The van der Waals surface area contributed by atoms with Crippen LogP contribution in [0, 0.1) is 5.82 Å². The molecule has 0 saturated carbocycles. The first-order chi connectivity index (χ1) is 18.9. The number of aliphatic imine (C=N–C) groups is 1. The number of anilines is 1. The third-order valence-corrected chi connectivity index (χ3v) is 7.11. The van der Waals surface area contributed by atoms with Crippen molar-refractivity contribution in [3.63, 3.8) is 0 Å². The molecule has 3 aromatic rings. The molecular weight excluding hydrogens is 525 g/mol. The van der Waals surface area contributed by atoms with Crippen molar-refractivity contribution >= 4 is 46.1 Å². The highest BCUT2D eigenvalue weighted by atomic mass is 32.2. The molecule has 5 rings (SSSR count). The van der Waals surface area contributed by atoms with E-state index in [4.69, 9.17) is 14.2 Å². The SMILES string of the molecule is CCOC(=O)c1ccc(NC(=O)[C@H]2CC(=O)N(Cc3ccc4c(c3)OCO4)C(=Nc3ccc(F)cc3)S2)cc1. The first-order valence-electron chi connectivity index (χ1n) is 12.2. The van der Waals surface area contributed by atoms with Gasteiger partial charge in [0.25, 0.3) is 0 Å². The fourth-order valence-electron chi connectivity index (χ4n) is 3.97. The largest absolute Gasteiger partial charge is 0.462 e. The molecule has 39 heavy (non-hydrogen) atoms. The first kappa shape index (κ1) is 26.2. The first-order valence-corrected chi connectivity index (χ1v) is 13.1. The number of thioether (sulfide) groups is 1. The van der Waals surface area contributed by atoms with E-state index in [0.29, 0.717) is 33.6 Å². The molecule has 9 nitrogen and oxygen atoms in total. The maximum atomic E-state index is 13.5. The second-order valence-corrected chi connectivity index (χ2v) is 9.81. The number of nitrogens with zero attached hydrogens (tertiary/aromatic N) is 2. The minimum atomic E-state index is -0.755. The van der Waals surface area contributed by atoms with Crippen LogP contribution in [-0.2, 0) is 20.9 Å². The highest BCUT2D eigenvalue weighted by Crippen LogP contribution is 2.35. The Hall–Kier alpha value is -4.38. The molecule has 200 valence electrons. The van der Waals surface area contributed by atoms with Crippen molar-refractivity contribution in [2.75, 3.05) is 18.7 Å². The number of amidine groups is 1. The number of nitrogens with one attached hydrogen (secondary N) is 1. The van der Waals surface area contributed by atoms with E-state index in [-0.39, 0.29) is 38.2 Å². The number of hydrogen-bond acceptors (Lipinski definition) is 8. The summed E-state index contributed by atoms with van der Waals surface area (Å²) in [6.07, 6.45) is -0.0512. The zero-order valence-corrected chi connectivity index (χ0v) is 21.7. The van der Waals surface area contributed by atoms with Crippen molar-refractivity contribution in [2.45, 2.75) is 25.1 Å². The molecule has 2 aliphatic heterocycles. The van der Waals surface area contributed by atoms with Crippen molar-refractivity contribution in [1.82, 2.24) is 4.90 Å². The van der Waals surface area contributed by atoms with Crippen LogP contribution < -0.4 is 14.8 Å². The molecule has 0 aromatic heterocycles. The van der Waals surface area contributed by atoms with Gasteiger partial charge in [-0.25, -0.2) is 14.2 Å². The lowest BCUT2D eigenvalue weighted by atomic mass is 10.1. The topological polar surface area (TPSA) is 107 Å². The molecule has 1 saturated heterocycles. The Morgan fingerprint density at radius 3 is 2.56 bits per heavy atom. The number of benzene rings is 3. The Kier molecular flexibility index (Phi) is 7.78. The lowest BCUT2D eigenvalue weighted by Crippen LogP contribution is -2.44. The maximum absolute atomic E-state index is 13.5. The van der Waals surface area contributed by atoms with E-state index in [1.165, 1.54) is 29.2 Å². The second-order valence-electron chi connectivity index (χ2n) is 8.64. The second kappa shape index (κ2) is 11.6. The number of rotatable bonds is 7. The molecule has 1 fully saturated rings. The third-order valence-electron chi connectivity index (χ3n) is 5.92. The van der Waals surface area contributed by atoms with Crippen molar-refractivity contribution < 1.29 is 33.0 Å². The van der Waals surface area contributed by atoms with Gasteiger partial charge in [0.2, 0.25) is 18.6 Å². The Bertz CT molecular complexity index is 1430. The van der Waals surface area contributed by atoms with Crippen LogP contribution in [0.4, 0.5) is 15.8 Å². The molecule has 0 spiro atoms. The van der Waals surface area contributed by atoms with Gasteiger partial charge in [-0.1, -0.05) is 17.8 Å². The van der Waals surface area contributed by atoms with E-state index in [1.807, 2.05) is 6.07 Å². The molecule has 11 heteroatoms. The Balaban J connectivity index is 1.35. The van der Waals surface area contributed by atoms with Crippen molar-refractivity contribution in [1.29, 1.82) is 0 Å². The highest BCUT2D eigenvalue weighted by molar-refractivity contribution is 8.15. The van der Waals surface area contributed by atoms with Crippen LogP contribution in [0.25, 0.3) is 0 Å². The fourth-order valence-corrected chi connectivity index (χ4v) is 5.07. The summed E-state index contributed by atoms with van der Waals surface area (Å²) in [5, 5.41) is 2.36. The van der Waals surface area contributed by atoms with Gasteiger partial charge in [0.1, 0.15) is 11.1 Å². The molecule has 0 unspecified atom stereocenters. The van der Waals surface area contributed by atoms with Crippen molar-refractivity contribution in [2.24, 2.45) is 4.99 Å². The van der Waals surface area contributed by atoms with E-state index in [0.717, 1.165) is 17.3 Å². The number of amides is 2. The number of esters is 1. The molecule has 1 atom stereocenters. The number of hydrogen-bond donors (Lipinski definition) is 1. The predicted molar refractivity (Wildman–Crippen MR) is 144 cm³/mol. The van der Waals surface area contributed by atoms with Crippen LogP contribution in [0.3, 0.4) is 0 Å². The van der Waals surface area contributed by atoms with E-state index < -0.39 is 17.0 Å². The summed E-state index contributed by atoms with van der Waals surface area (Å²) in [6.45, 7) is 2.32. The summed E-state index contributed by atoms with van der Waals surface area (Å²) in [4.78, 5) is 44.4. The average Bonchev–Trinajstić information content (AvgIpc) is 3.40. The quantitative estimate of drug-likeness (QED) is 0.418. The number of ether oxygens (including phenoxy) is 3. The van der Waals surface area contributed by atoms with Gasteiger partial charge in [-0.05, 0) is 73.2 Å². The van der Waals surface area contributed by atoms with Gasteiger partial charge in [0.05, 0.1) is 24.4 Å². The van der Waals surface area contributed by atoms with E-state index in [2.05, 4.69) is 10.3 Å². The fraction of sp³-hybridized carbons (Fsp3) is 0.214. The molecule has 0 bridgehead atoms. The molecule has 2 heterocycles. The molecule has 2 amide bonds. The summed E-state index contributed by atoms with van der Waals surface area (Å²) in [5.74, 6) is -0.308. The Morgan fingerprint density at radius 1 is 1.08 bits per heavy atom. The lowest BCUT2D eigenvalue weighted by molar-refractivity contribution is -0.129. The molecule has 0 aliphatic carbocycles. The summed E-state index contributed by atoms with van der Waals surface area (Å²) < 4.78 is 29.3. The van der Waals surface area contributed by atoms with E-state index >= 15 is 0 Å². The number of fused-ring (bicyclic) bond motifs is 1. The molecule has 3 aromatic carbocycles. The Morgan fingerprint density at radius 2 is 1.82 bits per heavy atom. The average molecular weight is 550 g/mol. The van der Waals surface area contributed by atoms with Gasteiger partial charge in [-0.3, -0.25) is 14.5 Å². The third kappa shape index (κ3) is 6.20. The zero-order chi connectivity index (χ0) is 27.4. The normalized spacial score (nSPS) is 17.3. The Labute approximate surface area is 228 Å². The summed E-state index contributed by atoms with van der Waals surface area (Å²) in [6, 6.07) is 17.3. The van der Waals surface area contributed by atoms with Crippen molar-refractivity contribution in [3.05, 3.63) is 83.7 Å². The van der Waals surface area contributed by atoms with Gasteiger partial charge in [-0.15, -0.1) is 0 Å². The van der Waals surface area contributed by atoms with Gasteiger partial charge in [-0.2, -0.15) is 0 Å². The van der Waals surface area contributed by atoms with Crippen LogP contribution in [0.1, 0.15) is 29.3 Å². The minimum absolute atomic E-state index is 0.0512. The monoisotopic (exact) mass is 549 g/mol. The van der Waals surface area contributed by atoms with Crippen LogP contribution in [0.5, 0.6) is 11.5 Å². The van der Waals surface area contributed by atoms with Crippen LogP contribution in [-0.4, -0.2) is 46.5 Å². The molecular formula is C28H24FN3O6S. The zero-order valence-electron chi connectivity index (χ0n) is 20.9. The minimum Gasteiger partial charge on any atom is -0.462 e. The van der Waals surface area contributed by atoms with Crippen molar-refractivity contribution in [3.8, 4) is 11.5 Å². The standard InChI is InChI=1S/C28H24FN3O6S/c1-2-36-27(35)18-4-8-20(9-5-18)30-26(34)24-14-25(33)32(15-17-3-12-22-23(13-17)38-16-37-22)28(39-24)31-21-10-6-19(29)7-11-21/h3-13,24H,2,14-16H2,1H3,(H,30,34)/t24-/m1/s1. The summed E-state index contributed by atoms with van der Waals surface area (Å²) in [5.41, 5.74) is 2.08. The number of carbonyl (C=O) groups is 3. The summed E-state index contributed by atoms with van der Waals surface area (Å²) >= 11 is 1.15. The maximum Gasteiger partial charge on any atom is 0.338 e. The van der Waals surface area contributed by atoms with Gasteiger partial charge >= 0.3 is 5.97 Å². The van der Waals surface area contributed by atoms with E-state index in [1.54, 1.807) is 43.3 Å². The molecule has 2 aliphatic rings. The van der Waals surface area contributed by atoms with E-state index in [9.17, 15) is 18.8 Å². The number of halogens is 1. The highest BCUT2D eigenvalue weighted by Gasteiger charge is 2.36. The van der Waals surface area contributed by atoms with Crippen LogP contribution in [0.15, 0.2) is 71.7 Å². The predicted octanol–water partition coefficient (Wildman–Crippen LogP) is 4.89. The van der Waals surface area contributed by atoms with Gasteiger partial charge in [0.15, 0.2) is 16.7 Å². The smallest absolute Gasteiger partial charge is 0.338 e. The lowest BCUT2D eigenvalue weighted by Gasteiger charge is -2.32. The van der Waals surface area contributed by atoms with Crippen LogP contribution in [0.2, 0.25) is 0 Å². The van der Waals surface area contributed by atoms with Gasteiger partial charge in [0, 0.05) is 12.1 Å². The van der Waals surface area contributed by atoms with Gasteiger partial charge < -0.3 is 19.5 Å². The van der Waals surface area contributed by atoms with Crippen LogP contribution >= 0.6 is 11.8 Å². The molecule has 1 N–H and O–H groups in total.